The fourth-order valence-corrected chi connectivity index (χ4v) is 3.18. The molecule has 3 atom stereocenters. The van der Waals surface area contributed by atoms with E-state index in [4.69, 9.17) is 9.15 Å². The number of ether oxygens (including phenoxy) is 1. The van der Waals surface area contributed by atoms with Crippen LogP contribution in [0.15, 0.2) is 22.8 Å². The second-order valence-electron chi connectivity index (χ2n) is 4.61. The van der Waals surface area contributed by atoms with Crippen LogP contribution in [0.4, 0.5) is 0 Å². The molecule has 1 aliphatic heterocycles. The van der Waals surface area contributed by atoms with Crippen molar-refractivity contribution in [3.8, 4) is 0 Å². The Kier molecular flexibility index (Phi) is 2.29. The van der Waals surface area contributed by atoms with Crippen molar-refractivity contribution in [3.63, 3.8) is 0 Å². The Morgan fingerprint density at radius 1 is 1.53 bits per heavy atom. The minimum Gasteiger partial charge on any atom is -0.468 e. The molecule has 82 valence electrons. The molecule has 0 amide bonds. The van der Waals surface area contributed by atoms with Crippen molar-refractivity contribution in [1.82, 2.24) is 4.90 Å². The minimum absolute atomic E-state index is 0.458. The van der Waals surface area contributed by atoms with Gasteiger partial charge in [0.1, 0.15) is 5.76 Å². The van der Waals surface area contributed by atoms with Crippen molar-refractivity contribution in [1.29, 1.82) is 0 Å². The third-order valence-corrected chi connectivity index (χ3v) is 3.83. The summed E-state index contributed by atoms with van der Waals surface area (Å²) >= 11 is 0. The minimum atomic E-state index is 0.458. The first-order valence-corrected chi connectivity index (χ1v) is 5.67. The molecule has 1 aromatic heterocycles. The molecule has 3 unspecified atom stereocenters. The highest BCUT2D eigenvalue weighted by atomic mass is 16.5. The number of hydrogen-bond acceptors (Lipinski definition) is 3. The van der Waals surface area contributed by atoms with Crippen LogP contribution in [0.25, 0.3) is 0 Å². The Morgan fingerprint density at radius 2 is 2.47 bits per heavy atom. The van der Waals surface area contributed by atoms with Crippen LogP contribution in [0, 0.1) is 5.92 Å². The van der Waals surface area contributed by atoms with Crippen molar-refractivity contribution in [3.05, 3.63) is 24.2 Å². The van der Waals surface area contributed by atoms with E-state index in [1.807, 2.05) is 19.2 Å². The van der Waals surface area contributed by atoms with Gasteiger partial charge in [0.2, 0.25) is 0 Å². The van der Waals surface area contributed by atoms with E-state index in [9.17, 15) is 0 Å². The van der Waals surface area contributed by atoms with Gasteiger partial charge in [0.05, 0.1) is 18.9 Å². The van der Waals surface area contributed by atoms with Crippen LogP contribution in [0.1, 0.15) is 18.6 Å². The van der Waals surface area contributed by atoms with E-state index < -0.39 is 0 Å². The second-order valence-corrected chi connectivity index (χ2v) is 4.61. The molecule has 2 bridgehead atoms. The number of methoxy groups -OCH3 is 1. The number of furan rings is 1. The molecule has 1 aromatic rings. The first kappa shape index (κ1) is 9.43. The SMILES string of the molecule is COC1C2CCC1N(Cc1ccco1)C2. The second kappa shape index (κ2) is 3.65. The summed E-state index contributed by atoms with van der Waals surface area (Å²) in [6, 6.07) is 4.62. The largest absolute Gasteiger partial charge is 0.468 e. The maximum atomic E-state index is 5.58. The van der Waals surface area contributed by atoms with Crippen LogP contribution >= 0.6 is 0 Å². The van der Waals surface area contributed by atoms with Crippen molar-refractivity contribution >= 4 is 0 Å². The summed E-state index contributed by atoms with van der Waals surface area (Å²) in [6.07, 6.45) is 4.82. The highest BCUT2D eigenvalue weighted by molar-refractivity contribution is 5.04. The van der Waals surface area contributed by atoms with E-state index in [-0.39, 0.29) is 0 Å². The van der Waals surface area contributed by atoms with Gasteiger partial charge in [-0.15, -0.1) is 0 Å². The molecule has 2 fully saturated rings. The number of piperidine rings is 1. The summed E-state index contributed by atoms with van der Waals surface area (Å²) in [6.45, 7) is 2.11. The Balaban J connectivity index is 1.70. The summed E-state index contributed by atoms with van der Waals surface area (Å²) < 4.78 is 11.0. The highest BCUT2D eigenvalue weighted by Crippen LogP contribution is 2.40. The molecule has 0 N–H and O–H groups in total. The van der Waals surface area contributed by atoms with Gasteiger partial charge in [0.25, 0.3) is 0 Å². The number of rotatable bonds is 3. The molecule has 2 aliphatic rings. The molecule has 15 heavy (non-hydrogen) atoms. The van der Waals surface area contributed by atoms with Gasteiger partial charge in [0.15, 0.2) is 0 Å². The smallest absolute Gasteiger partial charge is 0.117 e. The van der Waals surface area contributed by atoms with Crippen LogP contribution in [0.2, 0.25) is 0 Å². The maximum Gasteiger partial charge on any atom is 0.117 e. The van der Waals surface area contributed by atoms with E-state index in [0.717, 1.165) is 18.2 Å². The van der Waals surface area contributed by atoms with Crippen molar-refractivity contribution < 1.29 is 9.15 Å². The summed E-state index contributed by atoms with van der Waals surface area (Å²) in [5.41, 5.74) is 0. The van der Waals surface area contributed by atoms with Gasteiger partial charge in [-0.2, -0.15) is 0 Å². The lowest BCUT2D eigenvalue weighted by atomic mass is 10.1. The molecule has 3 heteroatoms. The average molecular weight is 207 g/mol. The molecule has 3 nitrogen and oxygen atoms in total. The van der Waals surface area contributed by atoms with E-state index in [0.29, 0.717) is 12.1 Å². The van der Waals surface area contributed by atoms with Crippen LogP contribution in [0.3, 0.4) is 0 Å². The molecule has 2 heterocycles. The summed E-state index contributed by atoms with van der Waals surface area (Å²) in [5.74, 6) is 1.81. The van der Waals surface area contributed by atoms with Gasteiger partial charge < -0.3 is 9.15 Å². The molecule has 1 saturated carbocycles. The predicted molar refractivity (Wildman–Crippen MR) is 56.4 cm³/mol. The molecular weight excluding hydrogens is 190 g/mol. The Labute approximate surface area is 90.0 Å². The Hall–Kier alpha value is -0.800. The molecule has 0 aromatic carbocycles. The van der Waals surface area contributed by atoms with Crippen LogP contribution < -0.4 is 0 Å². The lowest BCUT2D eigenvalue weighted by Gasteiger charge is -2.25. The average Bonchev–Trinajstić information content (AvgIpc) is 2.92. The molecule has 1 saturated heterocycles. The van der Waals surface area contributed by atoms with E-state index >= 15 is 0 Å². The zero-order chi connectivity index (χ0) is 10.3. The topological polar surface area (TPSA) is 25.6 Å². The third-order valence-electron chi connectivity index (χ3n) is 3.83. The standard InChI is InChI=1S/C12H17NO2/c1-14-12-9-4-5-11(12)13(7-9)8-10-3-2-6-15-10/h2-3,6,9,11-12H,4-5,7-8H2,1H3. The van der Waals surface area contributed by atoms with E-state index in [1.165, 1.54) is 19.4 Å². The van der Waals surface area contributed by atoms with Crippen molar-refractivity contribution in [2.45, 2.75) is 31.5 Å². The van der Waals surface area contributed by atoms with Gasteiger partial charge in [-0.25, -0.2) is 0 Å². The predicted octanol–water partition coefficient (Wildman–Crippen LogP) is 1.89. The number of fused-ring (bicyclic) bond motifs is 2. The normalized spacial score (nSPS) is 35.1. The van der Waals surface area contributed by atoms with E-state index in [2.05, 4.69) is 4.90 Å². The fourth-order valence-electron chi connectivity index (χ4n) is 3.18. The zero-order valence-corrected chi connectivity index (χ0v) is 9.06. The Morgan fingerprint density at radius 3 is 3.13 bits per heavy atom. The van der Waals surface area contributed by atoms with Gasteiger partial charge in [-0.1, -0.05) is 0 Å². The number of hydrogen-bond donors (Lipinski definition) is 0. The van der Waals surface area contributed by atoms with Crippen LogP contribution in [0.5, 0.6) is 0 Å². The molecule has 1 aliphatic carbocycles. The summed E-state index contributed by atoms with van der Waals surface area (Å²) in [4.78, 5) is 2.50. The monoisotopic (exact) mass is 207 g/mol. The fraction of sp³-hybridized carbons (Fsp3) is 0.667. The highest BCUT2D eigenvalue weighted by Gasteiger charge is 2.46. The van der Waals surface area contributed by atoms with Crippen molar-refractivity contribution in [2.75, 3.05) is 13.7 Å². The maximum absolute atomic E-state index is 5.58. The summed E-state index contributed by atoms with van der Waals surface area (Å²) in [5, 5.41) is 0. The lowest BCUT2D eigenvalue weighted by Crippen LogP contribution is -2.34. The molecule has 0 spiro atoms. The molecule has 3 rings (SSSR count). The summed E-state index contributed by atoms with van der Waals surface area (Å²) in [7, 11) is 1.84. The first-order valence-electron chi connectivity index (χ1n) is 5.67. The van der Waals surface area contributed by atoms with Crippen LogP contribution in [-0.2, 0) is 11.3 Å². The quantitative estimate of drug-likeness (QED) is 0.757. The number of nitrogens with zero attached hydrogens (tertiary/aromatic N) is 1. The first-order chi connectivity index (χ1) is 7.38. The third kappa shape index (κ3) is 1.50. The molecule has 0 radical (unpaired) electrons. The van der Waals surface area contributed by atoms with Crippen LogP contribution in [-0.4, -0.2) is 30.7 Å². The van der Waals surface area contributed by atoms with Gasteiger partial charge in [-0.05, 0) is 30.9 Å². The van der Waals surface area contributed by atoms with Crippen molar-refractivity contribution in [2.24, 2.45) is 5.92 Å². The zero-order valence-electron chi connectivity index (χ0n) is 9.06. The lowest BCUT2D eigenvalue weighted by molar-refractivity contribution is 0.0668. The van der Waals surface area contributed by atoms with E-state index in [1.54, 1.807) is 6.26 Å². The molecular formula is C12H17NO2. The van der Waals surface area contributed by atoms with Gasteiger partial charge in [0, 0.05) is 19.7 Å². The Bertz CT molecular complexity index is 322. The van der Waals surface area contributed by atoms with Gasteiger partial charge >= 0.3 is 0 Å². The number of likely N-dealkylation sites (tertiary alicyclic amines) is 1. The van der Waals surface area contributed by atoms with Gasteiger partial charge in [-0.3, -0.25) is 4.90 Å².